The molecule has 1 unspecified atom stereocenters. The van der Waals surface area contributed by atoms with Crippen LogP contribution in [0, 0.1) is 0 Å². The molecule has 4 heteroatoms. The van der Waals surface area contributed by atoms with Gasteiger partial charge in [-0.05, 0) is 19.3 Å². The molecule has 0 N–H and O–H groups in total. The Bertz CT molecular complexity index is 379. The van der Waals surface area contributed by atoms with Crippen LogP contribution >= 0.6 is 0 Å². The van der Waals surface area contributed by atoms with Crippen molar-refractivity contribution in [3.63, 3.8) is 0 Å². The Morgan fingerprint density at radius 2 is 1.00 bits per heavy atom. The summed E-state index contributed by atoms with van der Waals surface area (Å²) in [7, 11) is -3.39. The Kier molecular flexibility index (Phi) is 18.2. The first kappa shape index (κ1) is 25.9. The third-order valence-corrected chi connectivity index (χ3v) is 6.95. The number of hydrogen-bond acceptors (Lipinski definition) is 3. The minimum atomic E-state index is -3.39. The molecule has 0 bridgehead atoms. The first-order valence-electron chi connectivity index (χ1n) is 11.5. The van der Waals surface area contributed by atoms with E-state index in [1.54, 1.807) is 0 Å². The lowest BCUT2D eigenvalue weighted by Crippen LogP contribution is -2.24. The van der Waals surface area contributed by atoms with Gasteiger partial charge in [0.15, 0.2) is 0 Å². The van der Waals surface area contributed by atoms with Crippen LogP contribution in [0.25, 0.3) is 0 Å². The van der Waals surface area contributed by atoms with Gasteiger partial charge in [0.1, 0.15) is 0 Å². The second kappa shape index (κ2) is 18.3. The summed E-state index contributed by atoms with van der Waals surface area (Å²) >= 11 is 0. The van der Waals surface area contributed by atoms with Crippen molar-refractivity contribution in [2.75, 3.05) is 6.61 Å². The summed E-state index contributed by atoms with van der Waals surface area (Å²) in [5, 5.41) is -0.293. The van der Waals surface area contributed by atoms with Gasteiger partial charge in [-0.25, -0.2) is 0 Å². The van der Waals surface area contributed by atoms with Crippen LogP contribution in [-0.4, -0.2) is 20.3 Å². The highest BCUT2D eigenvalue weighted by molar-refractivity contribution is 7.87. The molecule has 0 spiro atoms. The van der Waals surface area contributed by atoms with Crippen LogP contribution < -0.4 is 0 Å². The molecule has 0 saturated carbocycles. The zero-order valence-electron chi connectivity index (χ0n) is 17.9. The lowest BCUT2D eigenvalue weighted by Gasteiger charge is -2.17. The van der Waals surface area contributed by atoms with E-state index in [1.807, 2.05) is 0 Å². The van der Waals surface area contributed by atoms with E-state index in [0.717, 1.165) is 57.8 Å². The minimum absolute atomic E-state index is 0.293. The van der Waals surface area contributed by atoms with E-state index >= 15 is 0 Å². The van der Waals surface area contributed by atoms with Crippen molar-refractivity contribution in [2.45, 2.75) is 135 Å². The summed E-state index contributed by atoms with van der Waals surface area (Å²) in [5.74, 6) is 0. The van der Waals surface area contributed by atoms with Gasteiger partial charge >= 0.3 is 0 Å². The van der Waals surface area contributed by atoms with Crippen molar-refractivity contribution in [2.24, 2.45) is 0 Å². The SMILES string of the molecule is CCCCCCCCCCCCC(CCCC)S(=O)(=O)OCCCCC. The van der Waals surface area contributed by atoms with Gasteiger partial charge < -0.3 is 0 Å². The molecule has 0 aliphatic heterocycles. The molecule has 0 amide bonds. The molecule has 0 heterocycles. The fraction of sp³-hybridized carbons (Fsp3) is 1.00. The molecule has 0 saturated heterocycles. The van der Waals surface area contributed by atoms with Crippen molar-refractivity contribution in [1.82, 2.24) is 0 Å². The van der Waals surface area contributed by atoms with Crippen LogP contribution in [0.5, 0.6) is 0 Å². The normalized spacial score (nSPS) is 13.2. The molecule has 0 aliphatic rings. The third-order valence-electron chi connectivity index (χ3n) is 5.16. The lowest BCUT2D eigenvalue weighted by atomic mass is 10.0. The second-order valence-electron chi connectivity index (χ2n) is 7.76. The smallest absolute Gasteiger partial charge is 0.270 e. The van der Waals surface area contributed by atoms with Crippen LogP contribution in [0.4, 0.5) is 0 Å². The molecule has 0 aliphatic carbocycles. The van der Waals surface area contributed by atoms with Crippen molar-refractivity contribution < 1.29 is 12.6 Å². The standard InChI is InChI=1S/C22H46O3S/c1-4-7-10-11-12-13-14-15-16-17-20-22(19-9-6-3)26(23,24)25-21-18-8-5-2/h22H,4-21H2,1-3H3. The van der Waals surface area contributed by atoms with E-state index in [1.165, 1.54) is 51.4 Å². The molecule has 26 heavy (non-hydrogen) atoms. The molecular weight excluding hydrogens is 344 g/mol. The molecule has 1 atom stereocenters. The Labute approximate surface area is 164 Å². The minimum Gasteiger partial charge on any atom is -0.270 e. The van der Waals surface area contributed by atoms with Gasteiger partial charge in [-0.2, -0.15) is 8.42 Å². The lowest BCUT2D eigenvalue weighted by molar-refractivity contribution is 0.298. The summed E-state index contributed by atoms with van der Waals surface area (Å²) in [5.41, 5.74) is 0. The first-order valence-corrected chi connectivity index (χ1v) is 12.9. The predicted molar refractivity (Wildman–Crippen MR) is 114 cm³/mol. The van der Waals surface area contributed by atoms with Gasteiger partial charge in [0.25, 0.3) is 10.1 Å². The van der Waals surface area contributed by atoms with E-state index < -0.39 is 10.1 Å². The van der Waals surface area contributed by atoms with Crippen LogP contribution in [0.1, 0.15) is 130 Å². The summed E-state index contributed by atoms with van der Waals surface area (Å²) < 4.78 is 30.2. The van der Waals surface area contributed by atoms with Crippen LogP contribution in [0.3, 0.4) is 0 Å². The van der Waals surface area contributed by atoms with Gasteiger partial charge in [-0.15, -0.1) is 0 Å². The highest BCUT2D eigenvalue weighted by atomic mass is 32.2. The summed E-state index contributed by atoms with van der Waals surface area (Å²) in [6.07, 6.45) is 19.3. The largest absolute Gasteiger partial charge is 0.270 e. The average molecular weight is 391 g/mol. The maximum atomic E-state index is 12.5. The van der Waals surface area contributed by atoms with E-state index in [0.29, 0.717) is 6.61 Å². The Morgan fingerprint density at radius 3 is 1.54 bits per heavy atom. The summed E-state index contributed by atoms with van der Waals surface area (Å²) in [6, 6.07) is 0. The van der Waals surface area contributed by atoms with E-state index in [9.17, 15) is 8.42 Å². The topological polar surface area (TPSA) is 43.4 Å². The van der Waals surface area contributed by atoms with Crippen molar-refractivity contribution in [3.05, 3.63) is 0 Å². The predicted octanol–water partition coefficient (Wildman–Crippen LogP) is 7.39. The highest BCUT2D eigenvalue weighted by Crippen LogP contribution is 2.20. The van der Waals surface area contributed by atoms with Crippen molar-refractivity contribution in [1.29, 1.82) is 0 Å². The van der Waals surface area contributed by atoms with Crippen LogP contribution in [0.2, 0.25) is 0 Å². The van der Waals surface area contributed by atoms with Gasteiger partial charge in [-0.1, -0.05) is 111 Å². The number of unbranched alkanes of at least 4 members (excludes halogenated alkanes) is 12. The maximum Gasteiger partial charge on any atom is 0.270 e. The monoisotopic (exact) mass is 390 g/mol. The third kappa shape index (κ3) is 15.0. The zero-order valence-corrected chi connectivity index (χ0v) is 18.8. The molecular formula is C22H46O3S. The molecule has 0 fully saturated rings. The number of hydrogen-bond donors (Lipinski definition) is 0. The Morgan fingerprint density at radius 1 is 0.577 bits per heavy atom. The average Bonchev–Trinajstić information content (AvgIpc) is 2.62. The van der Waals surface area contributed by atoms with E-state index in [2.05, 4.69) is 20.8 Å². The first-order chi connectivity index (χ1) is 12.6. The van der Waals surface area contributed by atoms with Gasteiger partial charge in [0.05, 0.1) is 11.9 Å². The fourth-order valence-electron chi connectivity index (χ4n) is 3.35. The number of rotatable bonds is 20. The molecule has 0 aromatic heterocycles. The Balaban J connectivity index is 3.95. The molecule has 3 nitrogen and oxygen atoms in total. The maximum absolute atomic E-state index is 12.5. The summed E-state index contributed by atoms with van der Waals surface area (Å²) in [6.45, 7) is 6.84. The molecule has 0 radical (unpaired) electrons. The Hall–Kier alpha value is -0.0900. The molecule has 0 aromatic rings. The zero-order chi connectivity index (χ0) is 19.5. The molecule has 158 valence electrons. The van der Waals surface area contributed by atoms with Crippen LogP contribution in [0.15, 0.2) is 0 Å². The van der Waals surface area contributed by atoms with Crippen molar-refractivity contribution in [3.8, 4) is 0 Å². The van der Waals surface area contributed by atoms with Crippen LogP contribution in [-0.2, 0) is 14.3 Å². The highest BCUT2D eigenvalue weighted by Gasteiger charge is 2.25. The van der Waals surface area contributed by atoms with Gasteiger partial charge in [-0.3, -0.25) is 4.18 Å². The van der Waals surface area contributed by atoms with Crippen molar-refractivity contribution >= 4 is 10.1 Å². The fourth-order valence-corrected chi connectivity index (χ4v) is 4.80. The van der Waals surface area contributed by atoms with E-state index in [4.69, 9.17) is 4.18 Å². The molecule has 0 rings (SSSR count). The second-order valence-corrected chi connectivity index (χ2v) is 9.64. The van der Waals surface area contributed by atoms with Gasteiger partial charge in [0, 0.05) is 0 Å². The van der Waals surface area contributed by atoms with Gasteiger partial charge in [0.2, 0.25) is 0 Å². The molecule has 0 aromatic carbocycles. The van der Waals surface area contributed by atoms with E-state index in [-0.39, 0.29) is 5.25 Å². The quantitative estimate of drug-likeness (QED) is 0.161. The summed E-state index contributed by atoms with van der Waals surface area (Å²) in [4.78, 5) is 0.